The Morgan fingerprint density at radius 2 is 1.89 bits per heavy atom. The number of hydrogen-bond acceptors (Lipinski definition) is 3. The predicted octanol–water partition coefficient (Wildman–Crippen LogP) is 3.88. The molecule has 0 radical (unpaired) electrons. The summed E-state index contributed by atoms with van der Waals surface area (Å²) in [5.74, 6) is -0.374. The Morgan fingerprint density at radius 1 is 1.15 bits per heavy atom. The summed E-state index contributed by atoms with van der Waals surface area (Å²) in [4.78, 5) is 30.6. The lowest BCUT2D eigenvalue weighted by atomic mass is 9.95. The first-order chi connectivity index (χ1) is 12.8. The van der Waals surface area contributed by atoms with Crippen LogP contribution < -0.4 is 0 Å². The molecule has 27 heavy (non-hydrogen) atoms. The highest BCUT2D eigenvalue weighted by Gasteiger charge is 2.32. The zero-order valence-corrected chi connectivity index (χ0v) is 16.1. The molecular weight excluding hydrogens is 340 g/mol. The molecule has 0 saturated carbocycles. The van der Waals surface area contributed by atoms with E-state index in [1.54, 1.807) is 18.2 Å². The number of aromatic carboxylic acids is 1. The average Bonchev–Trinajstić information content (AvgIpc) is 3.08. The largest absolute Gasteiger partial charge is 0.478 e. The zero-order valence-electron chi connectivity index (χ0n) is 16.1. The van der Waals surface area contributed by atoms with Crippen LogP contribution in [0.4, 0.5) is 0 Å². The van der Waals surface area contributed by atoms with Crippen LogP contribution in [0.5, 0.6) is 0 Å². The number of rotatable bonds is 4. The fourth-order valence-electron chi connectivity index (χ4n) is 3.59. The molecule has 1 aromatic carbocycles. The molecule has 1 saturated heterocycles. The van der Waals surface area contributed by atoms with Gasteiger partial charge in [-0.1, -0.05) is 45.0 Å². The number of carbonyl (C=O) groups is 2. The van der Waals surface area contributed by atoms with Crippen molar-refractivity contribution in [2.45, 2.75) is 33.6 Å². The molecule has 0 unspecified atom stereocenters. The molecule has 142 valence electrons. The van der Waals surface area contributed by atoms with E-state index >= 15 is 0 Å². The molecule has 2 aromatic rings. The van der Waals surface area contributed by atoms with Crippen molar-refractivity contribution in [2.75, 3.05) is 13.1 Å². The van der Waals surface area contributed by atoms with Crippen molar-refractivity contribution in [3.8, 4) is 11.3 Å². The van der Waals surface area contributed by atoms with E-state index in [2.05, 4.69) is 0 Å². The molecule has 1 N–H and O–H groups in total. The summed E-state index contributed by atoms with van der Waals surface area (Å²) in [6.07, 6.45) is 1.76. The lowest BCUT2D eigenvalue weighted by molar-refractivity contribution is -0.138. The lowest BCUT2D eigenvalue weighted by Gasteiger charge is -2.25. The number of amides is 1. The van der Waals surface area contributed by atoms with Crippen LogP contribution in [0, 0.1) is 11.3 Å². The first kappa shape index (κ1) is 19.1. The number of pyridine rings is 1. The van der Waals surface area contributed by atoms with Gasteiger partial charge in [0.2, 0.25) is 5.91 Å². The second kappa shape index (κ2) is 7.51. The third kappa shape index (κ3) is 4.35. The van der Waals surface area contributed by atoms with Crippen molar-refractivity contribution in [1.29, 1.82) is 0 Å². The van der Waals surface area contributed by atoms with Gasteiger partial charge in [0.25, 0.3) is 0 Å². The molecule has 5 heteroatoms. The summed E-state index contributed by atoms with van der Waals surface area (Å²) >= 11 is 0. The molecule has 2 heterocycles. The number of nitrogens with zero attached hydrogens (tertiary/aromatic N) is 2. The predicted molar refractivity (Wildman–Crippen MR) is 104 cm³/mol. The molecule has 1 aliphatic heterocycles. The molecule has 0 aliphatic carbocycles. The fourth-order valence-corrected chi connectivity index (χ4v) is 3.59. The van der Waals surface area contributed by atoms with Gasteiger partial charge in [0.1, 0.15) is 0 Å². The topological polar surface area (TPSA) is 70.5 Å². The third-order valence-electron chi connectivity index (χ3n) is 4.95. The van der Waals surface area contributed by atoms with Gasteiger partial charge in [-0.3, -0.25) is 9.78 Å². The van der Waals surface area contributed by atoms with Gasteiger partial charge in [0.15, 0.2) is 0 Å². The van der Waals surface area contributed by atoms with E-state index in [9.17, 15) is 14.7 Å². The standard InChI is InChI=1S/C22H26N2O3/c1-22(2,3)21(27)24-12-11-15(14-24)13-16-7-6-10-19(23-16)17-8-4-5-9-18(17)20(25)26/h4-10,15H,11-14H2,1-3H3,(H,25,26)/t15-/m1/s1. The number of benzene rings is 1. The summed E-state index contributed by atoms with van der Waals surface area (Å²) < 4.78 is 0. The zero-order chi connectivity index (χ0) is 19.6. The Balaban J connectivity index is 1.75. The molecule has 1 aromatic heterocycles. The van der Waals surface area contributed by atoms with Crippen molar-refractivity contribution in [1.82, 2.24) is 9.88 Å². The van der Waals surface area contributed by atoms with Crippen molar-refractivity contribution >= 4 is 11.9 Å². The molecule has 1 atom stereocenters. The number of likely N-dealkylation sites (tertiary alicyclic amines) is 1. The van der Waals surface area contributed by atoms with Crippen molar-refractivity contribution in [2.24, 2.45) is 11.3 Å². The highest BCUT2D eigenvalue weighted by atomic mass is 16.4. The monoisotopic (exact) mass is 366 g/mol. The fraction of sp³-hybridized carbons (Fsp3) is 0.409. The van der Waals surface area contributed by atoms with Crippen LogP contribution >= 0.6 is 0 Å². The highest BCUT2D eigenvalue weighted by molar-refractivity contribution is 5.95. The summed E-state index contributed by atoms with van der Waals surface area (Å²) in [7, 11) is 0. The van der Waals surface area contributed by atoms with E-state index in [-0.39, 0.29) is 16.9 Å². The van der Waals surface area contributed by atoms with Crippen LogP contribution in [-0.2, 0) is 11.2 Å². The molecule has 0 spiro atoms. The maximum Gasteiger partial charge on any atom is 0.336 e. The van der Waals surface area contributed by atoms with Crippen molar-refractivity contribution < 1.29 is 14.7 Å². The third-order valence-corrected chi connectivity index (χ3v) is 4.95. The molecule has 5 nitrogen and oxygen atoms in total. The molecular formula is C22H26N2O3. The van der Waals surface area contributed by atoms with Crippen LogP contribution in [-0.4, -0.2) is 40.0 Å². The van der Waals surface area contributed by atoms with Gasteiger partial charge in [-0.05, 0) is 37.0 Å². The summed E-state index contributed by atoms with van der Waals surface area (Å²) in [5, 5.41) is 9.41. The second-order valence-corrected chi connectivity index (χ2v) is 8.22. The first-order valence-electron chi connectivity index (χ1n) is 9.33. The van der Waals surface area contributed by atoms with E-state index in [0.717, 1.165) is 31.6 Å². The number of carboxylic acid groups (broad SMARTS) is 1. The normalized spacial score (nSPS) is 17.1. The smallest absolute Gasteiger partial charge is 0.336 e. The quantitative estimate of drug-likeness (QED) is 0.891. The van der Waals surface area contributed by atoms with Gasteiger partial charge >= 0.3 is 5.97 Å². The van der Waals surface area contributed by atoms with E-state index in [0.29, 0.717) is 17.2 Å². The van der Waals surface area contributed by atoms with Crippen molar-refractivity contribution in [3.05, 3.63) is 53.7 Å². The SMILES string of the molecule is CC(C)(C)C(=O)N1CC[C@H](Cc2cccc(-c3ccccc3C(=O)O)n2)C1. The number of carbonyl (C=O) groups excluding carboxylic acids is 1. The first-order valence-corrected chi connectivity index (χ1v) is 9.33. The Kier molecular flexibility index (Phi) is 5.31. The van der Waals surface area contributed by atoms with Gasteiger partial charge in [0, 0.05) is 29.8 Å². The minimum absolute atomic E-state index is 0.196. The summed E-state index contributed by atoms with van der Waals surface area (Å²) in [5.41, 5.74) is 2.13. The van der Waals surface area contributed by atoms with Crippen LogP contribution in [0.15, 0.2) is 42.5 Å². The van der Waals surface area contributed by atoms with Gasteiger partial charge in [-0.15, -0.1) is 0 Å². The molecule has 3 rings (SSSR count). The number of carboxylic acids is 1. The van der Waals surface area contributed by atoms with Crippen LogP contribution in [0.2, 0.25) is 0 Å². The Bertz CT molecular complexity index is 855. The number of aromatic nitrogens is 1. The van der Waals surface area contributed by atoms with Gasteiger partial charge < -0.3 is 10.0 Å². The van der Waals surface area contributed by atoms with E-state index in [4.69, 9.17) is 4.98 Å². The molecule has 1 fully saturated rings. The van der Waals surface area contributed by atoms with Gasteiger partial charge in [0.05, 0.1) is 11.3 Å². The number of hydrogen-bond donors (Lipinski definition) is 1. The minimum atomic E-state index is -0.954. The van der Waals surface area contributed by atoms with Gasteiger partial charge in [-0.25, -0.2) is 4.79 Å². The highest BCUT2D eigenvalue weighted by Crippen LogP contribution is 2.27. The van der Waals surface area contributed by atoms with E-state index < -0.39 is 5.97 Å². The van der Waals surface area contributed by atoms with Crippen molar-refractivity contribution in [3.63, 3.8) is 0 Å². The maximum atomic E-state index is 12.5. The van der Waals surface area contributed by atoms with Gasteiger partial charge in [-0.2, -0.15) is 0 Å². The summed E-state index contributed by atoms with van der Waals surface area (Å²) in [6.45, 7) is 7.41. The average molecular weight is 366 g/mol. The van der Waals surface area contributed by atoms with Crippen LogP contribution in [0.3, 0.4) is 0 Å². The lowest BCUT2D eigenvalue weighted by Crippen LogP contribution is -2.38. The maximum absolute atomic E-state index is 12.5. The molecule has 1 aliphatic rings. The Labute approximate surface area is 160 Å². The minimum Gasteiger partial charge on any atom is -0.478 e. The van der Waals surface area contributed by atoms with E-state index in [1.807, 2.05) is 49.9 Å². The van der Waals surface area contributed by atoms with Crippen LogP contribution in [0.1, 0.15) is 43.2 Å². The van der Waals surface area contributed by atoms with E-state index in [1.165, 1.54) is 0 Å². The molecule has 0 bridgehead atoms. The Hall–Kier alpha value is -2.69. The summed E-state index contributed by atoms with van der Waals surface area (Å²) in [6, 6.07) is 12.7. The molecule has 1 amide bonds. The van der Waals surface area contributed by atoms with Crippen LogP contribution in [0.25, 0.3) is 11.3 Å². The Morgan fingerprint density at radius 3 is 2.59 bits per heavy atom. The second-order valence-electron chi connectivity index (χ2n) is 8.22.